The summed E-state index contributed by atoms with van der Waals surface area (Å²) >= 11 is 0. The standard InChI is InChI=1S/C16H23NO/c17-12-14-9-5-10-15(14)16(18)11-4-8-13-6-2-1-3-7-13/h1-3,6-7,14-15H,4-5,8-12,17H2. The second kappa shape index (κ2) is 6.69. The highest BCUT2D eigenvalue weighted by Crippen LogP contribution is 2.32. The van der Waals surface area contributed by atoms with Crippen LogP contribution in [-0.2, 0) is 11.2 Å². The molecule has 0 spiro atoms. The summed E-state index contributed by atoms with van der Waals surface area (Å²) in [5.74, 6) is 1.15. The van der Waals surface area contributed by atoms with E-state index in [1.165, 1.54) is 12.0 Å². The van der Waals surface area contributed by atoms with Gasteiger partial charge < -0.3 is 5.73 Å². The summed E-state index contributed by atoms with van der Waals surface area (Å²) in [6.07, 6.45) is 6.08. The van der Waals surface area contributed by atoms with Crippen LogP contribution in [0, 0.1) is 11.8 Å². The smallest absolute Gasteiger partial charge is 0.136 e. The molecule has 0 saturated heterocycles. The molecule has 0 radical (unpaired) electrons. The van der Waals surface area contributed by atoms with Crippen LogP contribution in [0.15, 0.2) is 30.3 Å². The van der Waals surface area contributed by atoms with Crippen molar-refractivity contribution in [3.63, 3.8) is 0 Å². The van der Waals surface area contributed by atoms with Crippen molar-refractivity contribution in [1.29, 1.82) is 0 Å². The minimum absolute atomic E-state index is 0.255. The topological polar surface area (TPSA) is 43.1 Å². The molecule has 98 valence electrons. The maximum Gasteiger partial charge on any atom is 0.136 e. The van der Waals surface area contributed by atoms with Crippen LogP contribution >= 0.6 is 0 Å². The minimum Gasteiger partial charge on any atom is -0.330 e. The number of nitrogens with two attached hydrogens (primary N) is 1. The molecular weight excluding hydrogens is 222 g/mol. The third kappa shape index (κ3) is 3.42. The molecule has 0 aromatic heterocycles. The quantitative estimate of drug-likeness (QED) is 0.837. The fourth-order valence-electron chi connectivity index (χ4n) is 3.04. The average Bonchev–Trinajstić information content (AvgIpc) is 2.88. The van der Waals surface area contributed by atoms with Gasteiger partial charge in [0.2, 0.25) is 0 Å². The highest BCUT2D eigenvalue weighted by molar-refractivity contribution is 5.81. The van der Waals surface area contributed by atoms with Gasteiger partial charge in [0.05, 0.1) is 0 Å². The molecule has 1 aromatic carbocycles. The van der Waals surface area contributed by atoms with Crippen molar-refractivity contribution < 1.29 is 4.79 Å². The molecule has 1 aromatic rings. The van der Waals surface area contributed by atoms with Gasteiger partial charge in [-0.25, -0.2) is 0 Å². The Morgan fingerprint density at radius 1 is 1.22 bits per heavy atom. The molecule has 0 bridgehead atoms. The molecular formula is C16H23NO. The number of carbonyl (C=O) groups is 1. The Kier molecular flexibility index (Phi) is 4.94. The lowest BCUT2D eigenvalue weighted by Crippen LogP contribution is -2.25. The SMILES string of the molecule is NCC1CCCC1C(=O)CCCc1ccccc1. The van der Waals surface area contributed by atoms with E-state index < -0.39 is 0 Å². The van der Waals surface area contributed by atoms with Crippen molar-refractivity contribution in [3.05, 3.63) is 35.9 Å². The van der Waals surface area contributed by atoms with Crippen LogP contribution in [0.4, 0.5) is 0 Å². The number of rotatable bonds is 6. The van der Waals surface area contributed by atoms with E-state index >= 15 is 0 Å². The van der Waals surface area contributed by atoms with Crippen LogP contribution in [0.2, 0.25) is 0 Å². The molecule has 1 saturated carbocycles. The number of aryl methyl sites for hydroxylation is 1. The Morgan fingerprint density at radius 2 is 2.00 bits per heavy atom. The predicted octanol–water partition coefficient (Wildman–Crippen LogP) is 2.95. The van der Waals surface area contributed by atoms with Crippen molar-refractivity contribution in [3.8, 4) is 0 Å². The summed E-state index contributed by atoms with van der Waals surface area (Å²) in [6.45, 7) is 0.676. The lowest BCUT2D eigenvalue weighted by Gasteiger charge is -2.16. The summed E-state index contributed by atoms with van der Waals surface area (Å²) in [5, 5.41) is 0. The molecule has 2 unspecified atom stereocenters. The van der Waals surface area contributed by atoms with Gasteiger partial charge in [0.25, 0.3) is 0 Å². The van der Waals surface area contributed by atoms with Crippen LogP contribution in [0.5, 0.6) is 0 Å². The lowest BCUT2D eigenvalue weighted by molar-refractivity contribution is -0.123. The number of benzene rings is 1. The Morgan fingerprint density at radius 3 is 2.72 bits per heavy atom. The molecule has 2 nitrogen and oxygen atoms in total. The monoisotopic (exact) mass is 245 g/mol. The molecule has 0 heterocycles. The summed E-state index contributed by atoms with van der Waals surface area (Å²) in [7, 11) is 0. The van der Waals surface area contributed by atoms with Crippen LogP contribution < -0.4 is 5.73 Å². The zero-order valence-electron chi connectivity index (χ0n) is 11.0. The molecule has 18 heavy (non-hydrogen) atoms. The normalized spacial score (nSPS) is 23.2. The fourth-order valence-corrected chi connectivity index (χ4v) is 3.04. The van der Waals surface area contributed by atoms with Crippen molar-refractivity contribution in [1.82, 2.24) is 0 Å². The van der Waals surface area contributed by atoms with Crippen molar-refractivity contribution in [2.75, 3.05) is 6.54 Å². The molecule has 1 fully saturated rings. The van der Waals surface area contributed by atoms with E-state index in [-0.39, 0.29) is 5.92 Å². The van der Waals surface area contributed by atoms with Crippen LogP contribution in [0.3, 0.4) is 0 Å². The van der Waals surface area contributed by atoms with Crippen molar-refractivity contribution >= 4 is 5.78 Å². The van der Waals surface area contributed by atoms with E-state index in [2.05, 4.69) is 24.3 Å². The molecule has 2 atom stereocenters. The molecule has 0 aliphatic heterocycles. The van der Waals surface area contributed by atoms with Gasteiger partial charge in [-0.2, -0.15) is 0 Å². The predicted molar refractivity (Wildman–Crippen MR) is 74.3 cm³/mol. The molecule has 0 amide bonds. The first-order valence-electron chi connectivity index (χ1n) is 7.08. The maximum absolute atomic E-state index is 12.1. The summed E-state index contributed by atoms with van der Waals surface area (Å²) < 4.78 is 0. The third-order valence-corrected chi connectivity index (χ3v) is 4.11. The number of ketones is 1. The molecule has 2 N–H and O–H groups in total. The zero-order valence-corrected chi connectivity index (χ0v) is 11.0. The largest absolute Gasteiger partial charge is 0.330 e. The van der Waals surface area contributed by atoms with Gasteiger partial charge in [0.1, 0.15) is 5.78 Å². The van der Waals surface area contributed by atoms with E-state index in [0.717, 1.165) is 32.1 Å². The lowest BCUT2D eigenvalue weighted by atomic mass is 9.89. The van der Waals surface area contributed by atoms with Gasteiger partial charge in [-0.15, -0.1) is 0 Å². The van der Waals surface area contributed by atoms with Crippen LogP contribution in [0.25, 0.3) is 0 Å². The molecule has 1 aliphatic rings. The number of carbonyl (C=O) groups excluding carboxylic acids is 1. The van der Waals surface area contributed by atoms with Crippen molar-refractivity contribution in [2.24, 2.45) is 17.6 Å². The first-order valence-corrected chi connectivity index (χ1v) is 7.08. The van der Waals surface area contributed by atoms with E-state index in [9.17, 15) is 4.79 Å². The Labute approximate surface area is 110 Å². The van der Waals surface area contributed by atoms with Gasteiger partial charge >= 0.3 is 0 Å². The molecule has 1 aliphatic carbocycles. The fraction of sp³-hybridized carbons (Fsp3) is 0.562. The summed E-state index contributed by atoms with van der Waals surface area (Å²) in [4.78, 5) is 12.1. The minimum atomic E-state index is 0.255. The van der Waals surface area contributed by atoms with E-state index in [4.69, 9.17) is 5.73 Å². The van der Waals surface area contributed by atoms with Gasteiger partial charge in [0.15, 0.2) is 0 Å². The molecule has 2 rings (SSSR count). The van der Waals surface area contributed by atoms with Crippen molar-refractivity contribution in [2.45, 2.75) is 38.5 Å². The first-order chi connectivity index (χ1) is 8.81. The van der Waals surface area contributed by atoms with Crippen LogP contribution in [-0.4, -0.2) is 12.3 Å². The first kappa shape index (κ1) is 13.3. The Hall–Kier alpha value is -1.15. The summed E-state index contributed by atoms with van der Waals surface area (Å²) in [5.41, 5.74) is 7.06. The second-order valence-corrected chi connectivity index (χ2v) is 5.34. The van der Waals surface area contributed by atoms with E-state index in [1.807, 2.05) is 6.07 Å². The zero-order chi connectivity index (χ0) is 12.8. The Bertz CT molecular complexity index is 374. The number of Topliss-reactive ketones (excluding diaryl/α,β-unsaturated/α-hetero) is 1. The summed E-state index contributed by atoms with van der Waals surface area (Å²) in [6, 6.07) is 10.4. The van der Waals surface area contributed by atoms with E-state index in [0.29, 0.717) is 18.2 Å². The molecule has 2 heteroatoms. The van der Waals surface area contributed by atoms with Crippen LogP contribution in [0.1, 0.15) is 37.7 Å². The van der Waals surface area contributed by atoms with Gasteiger partial charge in [0, 0.05) is 12.3 Å². The Balaban J connectivity index is 1.75. The number of hydrogen-bond acceptors (Lipinski definition) is 2. The van der Waals surface area contributed by atoms with Gasteiger partial charge in [-0.05, 0) is 43.7 Å². The third-order valence-electron chi connectivity index (χ3n) is 4.11. The number of hydrogen-bond donors (Lipinski definition) is 1. The van der Waals surface area contributed by atoms with Gasteiger partial charge in [-0.3, -0.25) is 4.79 Å². The average molecular weight is 245 g/mol. The maximum atomic E-state index is 12.1. The highest BCUT2D eigenvalue weighted by atomic mass is 16.1. The highest BCUT2D eigenvalue weighted by Gasteiger charge is 2.30. The van der Waals surface area contributed by atoms with E-state index in [1.54, 1.807) is 0 Å². The van der Waals surface area contributed by atoms with Gasteiger partial charge in [-0.1, -0.05) is 36.8 Å². The second-order valence-electron chi connectivity index (χ2n) is 5.34.